The van der Waals surface area contributed by atoms with Crippen LogP contribution < -0.4 is 4.83 Å². The van der Waals surface area contributed by atoms with Gasteiger partial charge in [-0.05, 0) is 30.5 Å². The summed E-state index contributed by atoms with van der Waals surface area (Å²) < 4.78 is 24.7. The number of piperidine rings is 1. The largest absolute Gasteiger partial charge is 0.392 e. The lowest BCUT2D eigenvalue weighted by Gasteiger charge is -2.26. The van der Waals surface area contributed by atoms with E-state index in [1.807, 2.05) is 0 Å². The molecule has 0 aliphatic carbocycles. The van der Waals surface area contributed by atoms with Gasteiger partial charge in [-0.15, -0.1) is 4.83 Å². The Morgan fingerprint density at radius 3 is 2.45 bits per heavy atom. The number of benzene rings is 1. The van der Waals surface area contributed by atoms with Crippen LogP contribution in [0.5, 0.6) is 0 Å². The van der Waals surface area contributed by atoms with E-state index < -0.39 is 10.0 Å². The second kappa shape index (κ2) is 6.60. The van der Waals surface area contributed by atoms with Gasteiger partial charge in [0.25, 0.3) is 10.0 Å². The highest BCUT2D eigenvalue weighted by Crippen LogP contribution is 2.29. The average Bonchev–Trinajstić information content (AvgIpc) is 2.41. The predicted octanol–water partition coefficient (Wildman–Crippen LogP) is 2.16. The SMILES string of the molecule is O=S(=O)(NN1CCCCC1)c1cc(Cl)cc(CO)c1Cl. The van der Waals surface area contributed by atoms with E-state index in [0.717, 1.165) is 19.3 Å². The summed E-state index contributed by atoms with van der Waals surface area (Å²) in [6.07, 6.45) is 3.01. The van der Waals surface area contributed by atoms with Crippen molar-refractivity contribution < 1.29 is 13.5 Å². The molecule has 1 aromatic carbocycles. The number of nitrogens with zero attached hydrogens (tertiary/aromatic N) is 1. The Kier molecular flexibility index (Phi) is 5.28. The van der Waals surface area contributed by atoms with Gasteiger partial charge in [-0.25, -0.2) is 13.4 Å². The van der Waals surface area contributed by atoms with Crippen LogP contribution >= 0.6 is 23.2 Å². The zero-order chi connectivity index (χ0) is 14.8. The fraction of sp³-hybridized carbons (Fsp3) is 0.500. The third-order valence-electron chi connectivity index (χ3n) is 3.14. The van der Waals surface area contributed by atoms with E-state index in [4.69, 9.17) is 23.2 Å². The number of aliphatic hydroxyl groups excluding tert-OH is 1. The van der Waals surface area contributed by atoms with Gasteiger partial charge >= 0.3 is 0 Å². The van der Waals surface area contributed by atoms with Crippen LogP contribution in [0, 0.1) is 0 Å². The molecular weight excluding hydrogens is 323 g/mol. The molecule has 0 spiro atoms. The van der Waals surface area contributed by atoms with Crippen LogP contribution in [0.1, 0.15) is 24.8 Å². The molecule has 0 radical (unpaired) electrons. The maximum atomic E-state index is 12.4. The first-order valence-electron chi connectivity index (χ1n) is 6.30. The minimum absolute atomic E-state index is 0.00131. The lowest BCUT2D eigenvalue weighted by atomic mass is 10.2. The van der Waals surface area contributed by atoms with Crippen LogP contribution in [0.15, 0.2) is 17.0 Å². The standard InChI is InChI=1S/C12H16Cl2N2O3S/c13-10-6-9(8-17)12(14)11(7-10)20(18,19)15-16-4-2-1-3-5-16/h6-7,15,17H,1-5,8H2. The zero-order valence-electron chi connectivity index (χ0n) is 10.8. The molecule has 5 nitrogen and oxygen atoms in total. The first-order chi connectivity index (χ1) is 9.44. The Balaban J connectivity index is 2.31. The van der Waals surface area contributed by atoms with Gasteiger partial charge in [-0.2, -0.15) is 0 Å². The van der Waals surface area contributed by atoms with Crippen LogP contribution in [0.2, 0.25) is 10.0 Å². The van der Waals surface area contributed by atoms with Gasteiger partial charge in [-0.3, -0.25) is 0 Å². The summed E-state index contributed by atoms with van der Waals surface area (Å²) in [6, 6.07) is 2.74. The van der Waals surface area contributed by atoms with Gasteiger partial charge in [0.2, 0.25) is 0 Å². The third-order valence-corrected chi connectivity index (χ3v) is 5.32. The van der Waals surface area contributed by atoms with Crippen LogP contribution in [0.4, 0.5) is 0 Å². The Morgan fingerprint density at radius 1 is 1.20 bits per heavy atom. The average molecular weight is 339 g/mol. The summed E-state index contributed by atoms with van der Waals surface area (Å²) in [5.41, 5.74) is 0.290. The summed E-state index contributed by atoms with van der Waals surface area (Å²) >= 11 is 11.9. The molecule has 1 saturated heterocycles. The smallest absolute Gasteiger partial charge is 0.255 e. The molecule has 2 rings (SSSR count). The fourth-order valence-electron chi connectivity index (χ4n) is 2.13. The Morgan fingerprint density at radius 2 is 1.85 bits per heavy atom. The maximum Gasteiger partial charge on any atom is 0.255 e. The van der Waals surface area contributed by atoms with Gasteiger partial charge in [0.05, 0.1) is 11.6 Å². The highest BCUT2D eigenvalue weighted by Gasteiger charge is 2.24. The van der Waals surface area contributed by atoms with Crippen molar-refractivity contribution in [2.45, 2.75) is 30.8 Å². The molecule has 1 heterocycles. The van der Waals surface area contributed by atoms with Crippen molar-refractivity contribution in [3.8, 4) is 0 Å². The molecule has 1 fully saturated rings. The van der Waals surface area contributed by atoms with E-state index in [2.05, 4.69) is 4.83 Å². The lowest BCUT2D eigenvalue weighted by molar-refractivity contribution is 0.200. The molecule has 0 saturated carbocycles. The molecule has 0 bridgehead atoms. The minimum atomic E-state index is -3.80. The summed E-state index contributed by atoms with van der Waals surface area (Å²) in [5.74, 6) is 0. The quantitative estimate of drug-likeness (QED) is 0.882. The van der Waals surface area contributed by atoms with Gasteiger partial charge in [0.15, 0.2) is 0 Å². The number of aliphatic hydroxyl groups is 1. The predicted molar refractivity (Wildman–Crippen MR) is 78.1 cm³/mol. The maximum absolute atomic E-state index is 12.4. The van der Waals surface area contributed by atoms with E-state index in [1.165, 1.54) is 12.1 Å². The van der Waals surface area contributed by atoms with Crippen molar-refractivity contribution in [1.82, 2.24) is 9.84 Å². The Labute approximate surface area is 128 Å². The van der Waals surface area contributed by atoms with Crippen molar-refractivity contribution in [3.05, 3.63) is 27.7 Å². The lowest BCUT2D eigenvalue weighted by Crippen LogP contribution is -2.45. The molecule has 8 heteroatoms. The summed E-state index contributed by atoms with van der Waals surface area (Å²) in [5, 5.41) is 11.1. The molecule has 0 aromatic heterocycles. The third kappa shape index (κ3) is 3.63. The molecule has 1 aliphatic heterocycles. The summed E-state index contributed by atoms with van der Waals surface area (Å²) in [4.78, 5) is 2.40. The van der Waals surface area contributed by atoms with Crippen LogP contribution in [0.3, 0.4) is 0 Å². The number of hydrogen-bond acceptors (Lipinski definition) is 4. The van der Waals surface area contributed by atoms with Gasteiger partial charge in [0.1, 0.15) is 4.90 Å². The van der Waals surface area contributed by atoms with E-state index in [9.17, 15) is 13.5 Å². The highest BCUT2D eigenvalue weighted by molar-refractivity contribution is 7.89. The second-order valence-corrected chi connectivity index (χ2v) is 7.12. The summed E-state index contributed by atoms with van der Waals surface area (Å²) in [7, 11) is -3.80. The molecule has 0 unspecified atom stereocenters. The normalized spacial score (nSPS) is 17.4. The molecule has 1 aliphatic rings. The van der Waals surface area contributed by atoms with E-state index in [-0.39, 0.29) is 27.1 Å². The molecule has 0 amide bonds. The van der Waals surface area contributed by atoms with Crippen molar-refractivity contribution in [2.24, 2.45) is 0 Å². The van der Waals surface area contributed by atoms with Crippen molar-refractivity contribution in [1.29, 1.82) is 0 Å². The first-order valence-corrected chi connectivity index (χ1v) is 8.54. The van der Waals surface area contributed by atoms with Crippen LogP contribution in [-0.2, 0) is 16.6 Å². The summed E-state index contributed by atoms with van der Waals surface area (Å²) in [6.45, 7) is 0.972. The number of sulfonamides is 1. The number of halogens is 2. The van der Waals surface area contributed by atoms with Gasteiger partial charge < -0.3 is 5.11 Å². The number of hydrazine groups is 1. The monoisotopic (exact) mass is 338 g/mol. The zero-order valence-corrected chi connectivity index (χ0v) is 13.1. The topological polar surface area (TPSA) is 69.6 Å². The fourth-order valence-corrected chi connectivity index (χ4v) is 4.18. The number of rotatable bonds is 4. The molecule has 20 heavy (non-hydrogen) atoms. The molecular formula is C12H16Cl2N2O3S. The first kappa shape index (κ1) is 16.0. The van der Waals surface area contributed by atoms with Crippen molar-refractivity contribution >= 4 is 33.2 Å². The van der Waals surface area contributed by atoms with Crippen LogP contribution in [-0.4, -0.2) is 31.6 Å². The van der Waals surface area contributed by atoms with Gasteiger partial charge in [0, 0.05) is 18.1 Å². The van der Waals surface area contributed by atoms with Crippen molar-refractivity contribution in [2.75, 3.05) is 13.1 Å². The Bertz CT molecular complexity index is 587. The molecule has 0 atom stereocenters. The van der Waals surface area contributed by atoms with Gasteiger partial charge in [-0.1, -0.05) is 29.6 Å². The molecule has 1 aromatic rings. The van der Waals surface area contributed by atoms with E-state index in [0.29, 0.717) is 13.1 Å². The van der Waals surface area contributed by atoms with Crippen molar-refractivity contribution in [3.63, 3.8) is 0 Å². The molecule has 2 N–H and O–H groups in total. The number of nitrogens with one attached hydrogen (secondary N) is 1. The van der Waals surface area contributed by atoms with E-state index >= 15 is 0 Å². The highest BCUT2D eigenvalue weighted by atomic mass is 35.5. The minimum Gasteiger partial charge on any atom is -0.392 e. The number of hydrogen-bond donors (Lipinski definition) is 2. The van der Waals surface area contributed by atoms with E-state index in [1.54, 1.807) is 5.01 Å². The Hall–Kier alpha value is -0.370. The molecule has 112 valence electrons. The second-order valence-electron chi connectivity index (χ2n) is 4.68. The van der Waals surface area contributed by atoms with Crippen LogP contribution in [0.25, 0.3) is 0 Å².